The maximum absolute atomic E-state index is 12.6. The highest BCUT2D eigenvalue weighted by Gasteiger charge is 2.24. The molecule has 4 nitrogen and oxygen atoms in total. The minimum Gasteiger partial charge on any atom is -0.378 e. The first kappa shape index (κ1) is 18.5. The number of benzene rings is 2. The molecule has 0 bridgehead atoms. The lowest BCUT2D eigenvalue weighted by Gasteiger charge is -2.28. The van der Waals surface area contributed by atoms with Gasteiger partial charge in [-0.15, -0.1) is 0 Å². The fourth-order valence-electron chi connectivity index (χ4n) is 3.58. The molecule has 138 valence electrons. The summed E-state index contributed by atoms with van der Waals surface area (Å²) in [6, 6.07) is 16.7. The van der Waals surface area contributed by atoms with Gasteiger partial charge in [-0.2, -0.15) is 0 Å². The van der Waals surface area contributed by atoms with Crippen LogP contribution in [0.25, 0.3) is 0 Å². The topological polar surface area (TPSA) is 35.6 Å². The summed E-state index contributed by atoms with van der Waals surface area (Å²) in [6.07, 6.45) is 2.47. The van der Waals surface area contributed by atoms with Crippen LogP contribution in [0.2, 0.25) is 0 Å². The minimum atomic E-state index is 0.00260. The summed E-state index contributed by atoms with van der Waals surface area (Å²) in [5.74, 6) is 0.00260. The van der Waals surface area contributed by atoms with Gasteiger partial charge < -0.3 is 10.2 Å². The van der Waals surface area contributed by atoms with Crippen LogP contribution in [0.15, 0.2) is 48.5 Å². The van der Waals surface area contributed by atoms with Crippen LogP contribution in [0.5, 0.6) is 0 Å². The molecule has 2 aromatic carbocycles. The molecule has 0 radical (unpaired) electrons. The van der Waals surface area contributed by atoms with E-state index < -0.39 is 0 Å². The number of hydrogen-bond acceptors (Lipinski definition) is 3. The molecule has 1 aliphatic rings. The van der Waals surface area contributed by atoms with E-state index in [1.54, 1.807) is 0 Å². The second-order valence-corrected chi connectivity index (χ2v) is 7.32. The zero-order valence-corrected chi connectivity index (χ0v) is 16.0. The average Bonchev–Trinajstić information content (AvgIpc) is 3.16. The average molecular weight is 351 g/mol. The third kappa shape index (κ3) is 4.44. The Bertz CT molecular complexity index is 733. The van der Waals surface area contributed by atoms with Crippen LogP contribution in [0.4, 0.5) is 5.69 Å². The standard InChI is InChI=1S/C22H29N3O/c1-17-7-6-8-19(15-17)22(26)23-16-21(25-13-4-5-14-25)18-9-11-20(12-10-18)24(2)3/h6-12,15,21H,4-5,13-14,16H2,1-3H3,(H,23,26)/t21-/m0/s1. The molecule has 1 aliphatic heterocycles. The van der Waals surface area contributed by atoms with Gasteiger partial charge in [0.15, 0.2) is 0 Å². The van der Waals surface area contributed by atoms with Crippen LogP contribution < -0.4 is 10.2 Å². The quantitative estimate of drug-likeness (QED) is 0.863. The number of carbonyl (C=O) groups is 1. The zero-order valence-electron chi connectivity index (χ0n) is 16.0. The fourth-order valence-corrected chi connectivity index (χ4v) is 3.58. The van der Waals surface area contributed by atoms with E-state index in [2.05, 4.69) is 53.5 Å². The molecule has 1 amide bonds. The van der Waals surface area contributed by atoms with Crippen molar-refractivity contribution in [1.82, 2.24) is 10.2 Å². The lowest BCUT2D eigenvalue weighted by molar-refractivity contribution is 0.0938. The molecule has 0 spiro atoms. The normalized spacial score (nSPS) is 15.7. The fraction of sp³-hybridized carbons (Fsp3) is 0.409. The highest BCUT2D eigenvalue weighted by molar-refractivity contribution is 5.94. The Labute approximate surface area is 156 Å². The zero-order chi connectivity index (χ0) is 18.5. The maximum atomic E-state index is 12.6. The lowest BCUT2D eigenvalue weighted by atomic mass is 10.0. The second kappa shape index (κ2) is 8.37. The van der Waals surface area contributed by atoms with Gasteiger partial charge in [0.05, 0.1) is 6.04 Å². The monoisotopic (exact) mass is 351 g/mol. The van der Waals surface area contributed by atoms with Crippen molar-refractivity contribution < 1.29 is 4.79 Å². The number of carbonyl (C=O) groups excluding carboxylic acids is 1. The molecular weight excluding hydrogens is 322 g/mol. The van der Waals surface area contributed by atoms with Crippen LogP contribution in [0.3, 0.4) is 0 Å². The first-order chi connectivity index (χ1) is 12.5. The highest BCUT2D eigenvalue weighted by Crippen LogP contribution is 2.26. The molecule has 0 unspecified atom stereocenters. The number of likely N-dealkylation sites (tertiary alicyclic amines) is 1. The van der Waals surface area contributed by atoms with E-state index in [1.807, 2.05) is 31.2 Å². The molecule has 1 fully saturated rings. The van der Waals surface area contributed by atoms with Crippen LogP contribution in [-0.4, -0.2) is 44.5 Å². The van der Waals surface area contributed by atoms with E-state index in [0.29, 0.717) is 6.54 Å². The maximum Gasteiger partial charge on any atom is 0.251 e. The third-order valence-corrected chi connectivity index (χ3v) is 5.11. The van der Waals surface area contributed by atoms with Gasteiger partial charge in [0.1, 0.15) is 0 Å². The number of amides is 1. The van der Waals surface area contributed by atoms with Crippen molar-refractivity contribution >= 4 is 11.6 Å². The Hall–Kier alpha value is -2.33. The summed E-state index contributed by atoms with van der Waals surface area (Å²) < 4.78 is 0. The first-order valence-corrected chi connectivity index (χ1v) is 9.41. The van der Waals surface area contributed by atoms with Gasteiger partial charge in [-0.05, 0) is 62.7 Å². The second-order valence-electron chi connectivity index (χ2n) is 7.32. The van der Waals surface area contributed by atoms with Crippen molar-refractivity contribution in [2.45, 2.75) is 25.8 Å². The molecule has 0 saturated carbocycles. The molecular formula is C22H29N3O. The van der Waals surface area contributed by atoms with Gasteiger partial charge in [-0.25, -0.2) is 0 Å². The summed E-state index contributed by atoms with van der Waals surface area (Å²) in [6.45, 7) is 4.84. The van der Waals surface area contributed by atoms with Crippen LogP contribution in [-0.2, 0) is 0 Å². The molecule has 2 aromatic rings. The molecule has 0 aromatic heterocycles. The molecule has 4 heteroatoms. The number of nitrogens with one attached hydrogen (secondary N) is 1. The number of nitrogens with zero attached hydrogens (tertiary/aromatic N) is 2. The van der Waals surface area contributed by atoms with Crippen molar-refractivity contribution in [3.05, 3.63) is 65.2 Å². The van der Waals surface area contributed by atoms with Gasteiger partial charge in [-0.3, -0.25) is 9.69 Å². The van der Waals surface area contributed by atoms with Gasteiger partial charge in [0.25, 0.3) is 5.91 Å². The SMILES string of the molecule is Cc1cccc(C(=O)NC[C@@H](c2ccc(N(C)C)cc2)N2CCCC2)c1. The Kier molecular flexibility index (Phi) is 5.94. The van der Waals surface area contributed by atoms with E-state index in [-0.39, 0.29) is 11.9 Å². The molecule has 3 rings (SSSR count). The van der Waals surface area contributed by atoms with Crippen LogP contribution in [0, 0.1) is 6.92 Å². The summed E-state index contributed by atoms with van der Waals surface area (Å²) in [5, 5.41) is 3.15. The van der Waals surface area contributed by atoms with Crippen molar-refractivity contribution in [2.75, 3.05) is 38.6 Å². The largest absolute Gasteiger partial charge is 0.378 e. The molecule has 1 atom stereocenters. The summed E-state index contributed by atoms with van der Waals surface area (Å²) in [4.78, 5) is 17.1. The van der Waals surface area contributed by atoms with E-state index in [4.69, 9.17) is 0 Å². The first-order valence-electron chi connectivity index (χ1n) is 9.41. The Morgan fingerprint density at radius 1 is 1.12 bits per heavy atom. The van der Waals surface area contributed by atoms with E-state index in [9.17, 15) is 4.79 Å². The molecule has 1 heterocycles. The van der Waals surface area contributed by atoms with Crippen molar-refractivity contribution in [1.29, 1.82) is 0 Å². The smallest absolute Gasteiger partial charge is 0.251 e. The lowest BCUT2D eigenvalue weighted by Crippen LogP contribution is -2.36. The number of rotatable bonds is 6. The predicted octanol–water partition coefficient (Wildman–Crippen LogP) is 3.63. The number of aryl methyl sites for hydroxylation is 1. The van der Waals surface area contributed by atoms with Crippen molar-refractivity contribution in [3.63, 3.8) is 0 Å². The molecule has 0 aliphatic carbocycles. The van der Waals surface area contributed by atoms with Crippen LogP contribution in [0.1, 0.15) is 40.4 Å². The Balaban J connectivity index is 1.73. The number of hydrogen-bond donors (Lipinski definition) is 1. The van der Waals surface area contributed by atoms with Gasteiger partial charge >= 0.3 is 0 Å². The third-order valence-electron chi connectivity index (χ3n) is 5.11. The van der Waals surface area contributed by atoms with Gasteiger partial charge in [-0.1, -0.05) is 29.8 Å². The Morgan fingerprint density at radius 2 is 1.81 bits per heavy atom. The molecule has 1 N–H and O–H groups in total. The highest BCUT2D eigenvalue weighted by atomic mass is 16.1. The van der Waals surface area contributed by atoms with Crippen molar-refractivity contribution in [3.8, 4) is 0 Å². The van der Waals surface area contributed by atoms with Crippen LogP contribution >= 0.6 is 0 Å². The van der Waals surface area contributed by atoms with E-state index >= 15 is 0 Å². The van der Waals surface area contributed by atoms with Gasteiger partial charge in [0, 0.05) is 31.9 Å². The minimum absolute atomic E-state index is 0.00260. The molecule has 26 heavy (non-hydrogen) atoms. The summed E-state index contributed by atoms with van der Waals surface area (Å²) in [7, 11) is 4.10. The summed E-state index contributed by atoms with van der Waals surface area (Å²) >= 11 is 0. The van der Waals surface area contributed by atoms with E-state index in [1.165, 1.54) is 24.1 Å². The van der Waals surface area contributed by atoms with Crippen molar-refractivity contribution in [2.24, 2.45) is 0 Å². The van der Waals surface area contributed by atoms with E-state index in [0.717, 1.165) is 24.2 Å². The predicted molar refractivity (Wildman–Crippen MR) is 108 cm³/mol. The molecule has 1 saturated heterocycles. The number of anilines is 1. The summed E-state index contributed by atoms with van der Waals surface area (Å²) in [5.41, 5.74) is 4.29. The van der Waals surface area contributed by atoms with Gasteiger partial charge in [0.2, 0.25) is 0 Å². The Morgan fingerprint density at radius 3 is 2.42 bits per heavy atom.